The van der Waals surface area contributed by atoms with Gasteiger partial charge in [0.15, 0.2) is 0 Å². The second-order valence-corrected chi connectivity index (χ2v) is 3.65. The molecule has 0 aliphatic rings. The predicted octanol–water partition coefficient (Wildman–Crippen LogP) is -0.348. The van der Waals surface area contributed by atoms with Gasteiger partial charge in [-0.2, -0.15) is 5.10 Å². The Labute approximate surface area is 102 Å². The Bertz CT molecular complexity index is 632. The van der Waals surface area contributed by atoms with Crippen LogP contribution < -0.4 is 17.2 Å². The zero-order valence-corrected chi connectivity index (χ0v) is 9.33. The Hall–Kier alpha value is -2.83. The van der Waals surface area contributed by atoms with Gasteiger partial charge >= 0.3 is 0 Å². The van der Waals surface area contributed by atoms with E-state index in [2.05, 4.69) is 5.10 Å². The molecule has 2 rings (SSSR count). The largest absolute Gasteiger partial charge is 0.398 e. The Morgan fingerprint density at radius 2 is 1.83 bits per heavy atom. The highest BCUT2D eigenvalue weighted by atomic mass is 16.1. The number of nitrogens with two attached hydrogens (primary N) is 3. The van der Waals surface area contributed by atoms with Crippen LogP contribution in [0, 0.1) is 0 Å². The van der Waals surface area contributed by atoms with Gasteiger partial charge in [-0.15, -0.1) is 0 Å². The quantitative estimate of drug-likeness (QED) is 0.638. The second kappa shape index (κ2) is 4.21. The number of rotatable bonds is 3. The van der Waals surface area contributed by atoms with Crippen LogP contribution in [0.25, 0.3) is 5.69 Å². The fourth-order valence-electron chi connectivity index (χ4n) is 1.50. The standard InChI is InChI=1S/C11H11N5O2/c12-8-2-1-6(5-7(8)10(13)17)16-4-3-9(15-16)11(14)18/h1-5H,12H2,(H2,13,17)(H2,14,18). The van der Waals surface area contributed by atoms with Gasteiger partial charge in [0.25, 0.3) is 11.8 Å². The number of hydrogen-bond donors (Lipinski definition) is 3. The summed E-state index contributed by atoms with van der Waals surface area (Å²) in [5, 5.41) is 3.96. The first-order valence-electron chi connectivity index (χ1n) is 5.04. The third-order valence-corrected chi connectivity index (χ3v) is 2.41. The normalized spacial score (nSPS) is 10.2. The van der Waals surface area contributed by atoms with Gasteiger partial charge in [0, 0.05) is 11.9 Å². The maximum atomic E-state index is 11.2. The van der Waals surface area contributed by atoms with Gasteiger partial charge in [-0.3, -0.25) is 9.59 Å². The Balaban J connectivity index is 2.47. The lowest BCUT2D eigenvalue weighted by Crippen LogP contribution is -2.14. The average Bonchev–Trinajstić information content (AvgIpc) is 2.78. The van der Waals surface area contributed by atoms with Crippen LogP contribution in [0.15, 0.2) is 30.5 Å². The molecule has 7 nitrogen and oxygen atoms in total. The number of nitrogens with zero attached hydrogens (tertiary/aromatic N) is 2. The molecule has 0 spiro atoms. The fourth-order valence-corrected chi connectivity index (χ4v) is 1.50. The second-order valence-electron chi connectivity index (χ2n) is 3.65. The Kier molecular flexibility index (Phi) is 2.72. The summed E-state index contributed by atoms with van der Waals surface area (Å²) < 4.78 is 1.41. The van der Waals surface area contributed by atoms with Crippen LogP contribution in [0.4, 0.5) is 5.69 Å². The number of anilines is 1. The molecular formula is C11H11N5O2. The number of nitrogen functional groups attached to an aromatic ring is 1. The monoisotopic (exact) mass is 245 g/mol. The zero-order valence-electron chi connectivity index (χ0n) is 9.33. The van der Waals surface area contributed by atoms with E-state index >= 15 is 0 Å². The number of primary amides is 2. The van der Waals surface area contributed by atoms with Crippen molar-refractivity contribution in [1.29, 1.82) is 0 Å². The molecule has 7 heteroatoms. The molecule has 0 saturated heterocycles. The van der Waals surface area contributed by atoms with E-state index in [1.807, 2.05) is 0 Å². The van der Waals surface area contributed by atoms with Gasteiger partial charge in [-0.05, 0) is 24.3 Å². The summed E-state index contributed by atoms with van der Waals surface area (Å²) in [6.07, 6.45) is 1.55. The van der Waals surface area contributed by atoms with Crippen molar-refractivity contribution in [2.24, 2.45) is 11.5 Å². The molecule has 6 N–H and O–H groups in total. The fraction of sp³-hybridized carbons (Fsp3) is 0. The molecule has 1 heterocycles. The molecular weight excluding hydrogens is 234 g/mol. The van der Waals surface area contributed by atoms with Crippen molar-refractivity contribution < 1.29 is 9.59 Å². The molecule has 92 valence electrons. The summed E-state index contributed by atoms with van der Waals surface area (Å²) in [6.45, 7) is 0. The lowest BCUT2D eigenvalue weighted by atomic mass is 10.1. The predicted molar refractivity (Wildman–Crippen MR) is 65.0 cm³/mol. The molecule has 18 heavy (non-hydrogen) atoms. The van der Waals surface area contributed by atoms with E-state index in [1.54, 1.807) is 18.3 Å². The van der Waals surface area contributed by atoms with Gasteiger partial charge in [-0.25, -0.2) is 4.68 Å². The van der Waals surface area contributed by atoms with Gasteiger partial charge < -0.3 is 17.2 Å². The van der Waals surface area contributed by atoms with E-state index in [0.29, 0.717) is 5.69 Å². The zero-order chi connectivity index (χ0) is 13.3. The first kappa shape index (κ1) is 11.6. The van der Waals surface area contributed by atoms with Crippen molar-refractivity contribution in [3.8, 4) is 5.69 Å². The summed E-state index contributed by atoms with van der Waals surface area (Å²) in [4.78, 5) is 22.1. The topological polar surface area (TPSA) is 130 Å². The highest BCUT2D eigenvalue weighted by Crippen LogP contribution is 2.16. The van der Waals surface area contributed by atoms with Gasteiger partial charge in [0.1, 0.15) is 5.69 Å². The van der Waals surface area contributed by atoms with E-state index in [4.69, 9.17) is 17.2 Å². The first-order valence-corrected chi connectivity index (χ1v) is 5.04. The smallest absolute Gasteiger partial charge is 0.269 e. The van der Waals surface area contributed by atoms with Crippen molar-refractivity contribution in [3.05, 3.63) is 41.7 Å². The minimum atomic E-state index is -0.628. The molecule has 1 aromatic heterocycles. The van der Waals surface area contributed by atoms with Crippen LogP contribution in [0.3, 0.4) is 0 Å². The summed E-state index contributed by atoms with van der Waals surface area (Å²) in [5.41, 5.74) is 17.1. The third-order valence-electron chi connectivity index (χ3n) is 2.41. The molecule has 1 aromatic carbocycles. The maximum Gasteiger partial charge on any atom is 0.269 e. The molecule has 2 aromatic rings. The number of amides is 2. The summed E-state index contributed by atoms with van der Waals surface area (Å²) in [5.74, 6) is -1.25. The van der Waals surface area contributed by atoms with Crippen molar-refractivity contribution in [1.82, 2.24) is 9.78 Å². The highest BCUT2D eigenvalue weighted by molar-refractivity contribution is 5.98. The molecule has 0 unspecified atom stereocenters. The minimum Gasteiger partial charge on any atom is -0.398 e. The molecule has 0 radical (unpaired) electrons. The van der Waals surface area contributed by atoms with Crippen LogP contribution in [-0.2, 0) is 0 Å². The molecule has 0 aliphatic heterocycles. The minimum absolute atomic E-state index is 0.132. The highest BCUT2D eigenvalue weighted by Gasteiger charge is 2.10. The van der Waals surface area contributed by atoms with Gasteiger partial charge in [0.05, 0.1) is 11.3 Å². The number of aromatic nitrogens is 2. The van der Waals surface area contributed by atoms with E-state index < -0.39 is 11.8 Å². The Morgan fingerprint density at radius 1 is 1.11 bits per heavy atom. The van der Waals surface area contributed by atoms with Crippen LogP contribution in [0.2, 0.25) is 0 Å². The molecule has 0 saturated carbocycles. The summed E-state index contributed by atoms with van der Waals surface area (Å²) in [7, 11) is 0. The van der Waals surface area contributed by atoms with Gasteiger partial charge in [0.2, 0.25) is 0 Å². The third kappa shape index (κ3) is 2.01. The average molecular weight is 245 g/mol. The number of carbonyl (C=O) groups excluding carboxylic acids is 2. The molecule has 0 fully saturated rings. The maximum absolute atomic E-state index is 11.2. The van der Waals surface area contributed by atoms with E-state index in [0.717, 1.165) is 0 Å². The van der Waals surface area contributed by atoms with Crippen LogP contribution in [0.1, 0.15) is 20.8 Å². The van der Waals surface area contributed by atoms with Crippen molar-refractivity contribution >= 4 is 17.5 Å². The van der Waals surface area contributed by atoms with E-state index in [-0.39, 0.29) is 16.9 Å². The summed E-state index contributed by atoms with van der Waals surface area (Å²) >= 11 is 0. The lowest BCUT2D eigenvalue weighted by Gasteiger charge is -2.05. The van der Waals surface area contributed by atoms with Crippen molar-refractivity contribution in [2.75, 3.05) is 5.73 Å². The van der Waals surface area contributed by atoms with Crippen LogP contribution in [0.5, 0.6) is 0 Å². The lowest BCUT2D eigenvalue weighted by molar-refractivity contribution is 0.0989. The van der Waals surface area contributed by atoms with Gasteiger partial charge in [-0.1, -0.05) is 0 Å². The number of benzene rings is 1. The molecule has 0 atom stereocenters. The molecule has 2 amide bonds. The van der Waals surface area contributed by atoms with Crippen molar-refractivity contribution in [2.45, 2.75) is 0 Å². The van der Waals surface area contributed by atoms with E-state index in [1.165, 1.54) is 16.8 Å². The number of hydrogen-bond acceptors (Lipinski definition) is 4. The molecule has 0 bridgehead atoms. The van der Waals surface area contributed by atoms with E-state index in [9.17, 15) is 9.59 Å². The van der Waals surface area contributed by atoms with Crippen LogP contribution in [-0.4, -0.2) is 21.6 Å². The molecule has 0 aliphatic carbocycles. The first-order chi connectivity index (χ1) is 8.49. The number of carbonyl (C=O) groups is 2. The van der Waals surface area contributed by atoms with Crippen LogP contribution >= 0.6 is 0 Å². The SMILES string of the molecule is NC(=O)c1ccn(-c2ccc(N)c(C(N)=O)c2)n1. The Morgan fingerprint density at radius 3 is 2.39 bits per heavy atom. The summed E-state index contributed by atoms with van der Waals surface area (Å²) in [6, 6.07) is 6.17. The van der Waals surface area contributed by atoms with Crippen molar-refractivity contribution in [3.63, 3.8) is 0 Å².